The summed E-state index contributed by atoms with van der Waals surface area (Å²) < 4.78 is 0. The lowest BCUT2D eigenvalue weighted by Gasteiger charge is -2.42. The van der Waals surface area contributed by atoms with Crippen LogP contribution >= 0.6 is 0 Å². The summed E-state index contributed by atoms with van der Waals surface area (Å²) in [6, 6.07) is 2.28. The Morgan fingerprint density at radius 3 is 2.19 bits per heavy atom. The molecular formula is C13H20N2O. The molecule has 0 radical (unpaired) electrons. The second-order valence-corrected chi connectivity index (χ2v) is 5.62. The van der Waals surface area contributed by atoms with Gasteiger partial charge in [0.1, 0.15) is 5.41 Å². The SMILES string of the molecule is CC1(NC(=O)C2(C#N)CCCCC2)CCC1. The molecule has 0 atom stereocenters. The Balaban J connectivity index is 2.03. The van der Waals surface area contributed by atoms with Crippen LogP contribution in [0.25, 0.3) is 0 Å². The molecule has 0 aromatic carbocycles. The van der Waals surface area contributed by atoms with E-state index in [0.29, 0.717) is 0 Å². The molecule has 2 aliphatic carbocycles. The van der Waals surface area contributed by atoms with E-state index in [2.05, 4.69) is 18.3 Å². The van der Waals surface area contributed by atoms with Gasteiger partial charge in [-0.15, -0.1) is 0 Å². The predicted molar refractivity (Wildman–Crippen MR) is 61.5 cm³/mol. The number of nitrogens with one attached hydrogen (secondary N) is 1. The largest absolute Gasteiger partial charge is 0.350 e. The first-order chi connectivity index (χ1) is 7.60. The lowest BCUT2D eigenvalue weighted by atomic mass is 9.72. The fourth-order valence-electron chi connectivity index (χ4n) is 2.77. The molecule has 2 rings (SSSR count). The van der Waals surface area contributed by atoms with Gasteiger partial charge in [-0.3, -0.25) is 4.79 Å². The average Bonchev–Trinajstić information content (AvgIpc) is 2.27. The number of nitrogens with zero attached hydrogens (tertiary/aromatic N) is 1. The Morgan fingerprint density at radius 2 is 1.75 bits per heavy atom. The smallest absolute Gasteiger partial charge is 0.240 e. The highest BCUT2D eigenvalue weighted by molar-refractivity contribution is 5.86. The molecule has 2 fully saturated rings. The van der Waals surface area contributed by atoms with E-state index in [-0.39, 0.29) is 11.4 Å². The Labute approximate surface area is 97.2 Å². The van der Waals surface area contributed by atoms with Crippen LogP contribution in [0.5, 0.6) is 0 Å². The number of hydrogen-bond donors (Lipinski definition) is 1. The first-order valence-electron chi connectivity index (χ1n) is 6.34. The fraction of sp³-hybridized carbons (Fsp3) is 0.846. The molecule has 0 saturated heterocycles. The normalized spacial score (nSPS) is 26.2. The number of rotatable bonds is 2. The molecule has 2 aliphatic rings. The van der Waals surface area contributed by atoms with Crippen molar-refractivity contribution in [3.63, 3.8) is 0 Å². The first-order valence-corrected chi connectivity index (χ1v) is 6.34. The maximum atomic E-state index is 12.2. The topological polar surface area (TPSA) is 52.9 Å². The highest BCUT2D eigenvalue weighted by Crippen LogP contribution is 2.38. The number of amides is 1. The van der Waals surface area contributed by atoms with E-state index in [0.717, 1.165) is 44.9 Å². The summed E-state index contributed by atoms with van der Waals surface area (Å²) in [4.78, 5) is 12.2. The predicted octanol–water partition coefficient (Wildman–Crippen LogP) is 2.52. The van der Waals surface area contributed by atoms with Gasteiger partial charge in [-0.25, -0.2) is 0 Å². The third kappa shape index (κ3) is 1.93. The van der Waals surface area contributed by atoms with Gasteiger partial charge in [0.25, 0.3) is 0 Å². The highest BCUT2D eigenvalue weighted by Gasteiger charge is 2.43. The average molecular weight is 220 g/mol. The van der Waals surface area contributed by atoms with Crippen molar-refractivity contribution in [1.29, 1.82) is 5.26 Å². The van der Waals surface area contributed by atoms with E-state index in [9.17, 15) is 10.1 Å². The van der Waals surface area contributed by atoms with E-state index in [1.807, 2.05) is 0 Å². The van der Waals surface area contributed by atoms with E-state index in [4.69, 9.17) is 0 Å². The van der Waals surface area contributed by atoms with Crippen molar-refractivity contribution >= 4 is 5.91 Å². The fourth-order valence-corrected chi connectivity index (χ4v) is 2.77. The molecule has 0 spiro atoms. The summed E-state index contributed by atoms with van der Waals surface area (Å²) in [6.07, 6.45) is 7.97. The third-order valence-electron chi connectivity index (χ3n) is 4.23. The van der Waals surface area contributed by atoms with E-state index >= 15 is 0 Å². The zero-order valence-corrected chi connectivity index (χ0v) is 10.0. The van der Waals surface area contributed by atoms with E-state index in [1.165, 1.54) is 6.42 Å². The van der Waals surface area contributed by atoms with Crippen molar-refractivity contribution in [2.75, 3.05) is 0 Å². The zero-order chi connectivity index (χ0) is 11.6. The molecule has 1 N–H and O–H groups in total. The molecule has 88 valence electrons. The summed E-state index contributed by atoms with van der Waals surface area (Å²) in [6.45, 7) is 2.09. The maximum Gasteiger partial charge on any atom is 0.240 e. The van der Waals surface area contributed by atoms with Gasteiger partial charge in [0.15, 0.2) is 0 Å². The molecule has 0 bridgehead atoms. The first kappa shape index (κ1) is 11.4. The van der Waals surface area contributed by atoms with Crippen molar-refractivity contribution in [2.24, 2.45) is 5.41 Å². The Bertz CT molecular complexity index is 319. The van der Waals surface area contributed by atoms with Crippen LogP contribution in [0.1, 0.15) is 58.3 Å². The quantitative estimate of drug-likeness (QED) is 0.777. The molecule has 1 amide bonds. The highest BCUT2D eigenvalue weighted by atomic mass is 16.2. The van der Waals surface area contributed by atoms with Gasteiger partial charge in [0, 0.05) is 5.54 Å². The van der Waals surface area contributed by atoms with Crippen LogP contribution in [0.4, 0.5) is 0 Å². The molecule has 0 heterocycles. The minimum atomic E-state index is -0.725. The van der Waals surface area contributed by atoms with Crippen molar-refractivity contribution in [2.45, 2.75) is 63.8 Å². The molecule has 16 heavy (non-hydrogen) atoms. The van der Waals surface area contributed by atoms with Crippen LogP contribution in [-0.2, 0) is 4.79 Å². The molecule has 0 aliphatic heterocycles. The Hall–Kier alpha value is -1.04. The summed E-state index contributed by atoms with van der Waals surface area (Å²) in [5.74, 6) is -0.0168. The Morgan fingerprint density at radius 1 is 1.12 bits per heavy atom. The van der Waals surface area contributed by atoms with Crippen molar-refractivity contribution < 1.29 is 4.79 Å². The van der Waals surface area contributed by atoms with Gasteiger partial charge in [-0.05, 0) is 39.0 Å². The number of hydrogen-bond acceptors (Lipinski definition) is 2. The van der Waals surface area contributed by atoms with Gasteiger partial charge < -0.3 is 5.32 Å². The van der Waals surface area contributed by atoms with Gasteiger partial charge in [0.05, 0.1) is 6.07 Å². The van der Waals surface area contributed by atoms with Crippen LogP contribution in [0, 0.1) is 16.7 Å². The number of carbonyl (C=O) groups excluding carboxylic acids is 1. The Kier molecular flexibility index (Phi) is 2.92. The van der Waals surface area contributed by atoms with Crippen molar-refractivity contribution in [3.8, 4) is 6.07 Å². The molecular weight excluding hydrogens is 200 g/mol. The van der Waals surface area contributed by atoms with Crippen LogP contribution < -0.4 is 5.32 Å². The van der Waals surface area contributed by atoms with Crippen LogP contribution in [0.2, 0.25) is 0 Å². The van der Waals surface area contributed by atoms with Crippen LogP contribution in [-0.4, -0.2) is 11.4 Å². The lowest BCUT2D eigenvalue weighted by molar-refractivity contribution is -0.132. The molecule has 3 heteroatoms. The molecule has 2 saturated carbocycles. The van der Waals surface area contributed by atoms with Gasteiger partial charge in [-0.1, -0.05) is 19.3 Å². The molecule has 0 aromatic rings. The van der Waals surface area contributed by atoms with E-state index < -0.39 is 5.41 Å². The van der Waals surface area contributed by atoms with Gasteiger partial charge in [0.2, 0.25) is 5.91 Å². The van der Waals surface area contributed by atoms with Gasteiger partial charge in [-0.2, -0.15) is 5.26 Å². The second-order valence-electron chi connectivity index (χ2n) is 5.62. The van der Waals surface area contributed by atoms with Crippen molar-refractivity contribution in [1.82, 2.24) is 5.32 Å². The van der Waals surface area contributed by atoms with Crippen molar-refractivity contribution in [3.05, 3.63) is 0 Å². The summed E-state index contributed by atoms with van der Waals surface area (Å²) >= 11 is 0. The number of nitriles is 1. The summed E-state index contributed by atoms with van der Waals surface area (Å²) in [7, 11) is 0. The number of carbonyl (C=O) groups is 1. The second kappa shape index (κ2) is 4.08. The standard InChI is InChI=1S/C13H20N2O/c1-12(6-5-7-12)15-11(16)13(10-14)8-3-2-4-9-13/h2-9H2,1H3,(H,15,16). The zero-order valence-electron chi connectivity index (χ0n) is 10.0. The van der Waals surface area contributed by atoms with E-state index in [1.54, 1.807) is 0 Å². The minimum Gasteiger partial charge on any atom is -0.350 e. The van der Waals surface area contributed by atoms with Crippen LogP contribution in [0.3, 0.4) is 0 Å². The summed E-state index contributed by atoms with van der Waals surface area (Å²) in [5.41, 5.74) is -0.755. The molecule has 0 unspecified atom stereocenters. The summed E-state index contributed by atoms with van der Waals surface area (Å²) in [5, 5.41) is 12.4. The maximum absolute atomic E-state index is 12.2. The van der Waals surface area contributed by atoms with Crippen LogP contribution in [0.15, 0.2) is 0 Å². The van der Waals surface area contributed by atoms with Gasteiger partial charge >= 0.3 is 0 Å². The minimum absolute atomic E-state index is 0.0168. The molecule has 0 aromatic heterocycles. The third-order valence-corrected chi connectivity index (χ3v) is 4.23. The molecule has 3 nitrogen and oxygen atoms in total. The lowest BCUT2D eigenvalue weighted by Crippen LogP contribution is -2.55. The monoisotopic (exact) mass is 220 g/mol.